The lowest BCUT2D eigenvalue weighted by atomic mass is 10.1. The minimum absolute atomic E-state index is 0.774. The molecule has 0 amide bonds. The molecule has 2 N–H and O–H groups in total. The zero-order valence-corrected chi connectivity index (χ0v) is 11.1. The zero-order chi connectivity index (χ0) is 12.4. The Balaban J connectivity index is 1.67. The molecule has 1 heterocycles. The Morgan fingerprint density at radius 3 is 2.94 bits per heavy atom. The summed E-state index contributed by atoms with van der Waals surface area (Å²) in [5, 5.41) is 5.11. The van der Waals surface area contributed by atoms with E-state index in [0.29, 0.717) is 0 Å². The highest BCUT2D eigenvalue weighted by Crippen LogP contribution is 2.22. The summed E-state index contributed by atoms with van der Waals surface area (Å²) in [6, 6.07) is 7.26. The highest BCUT2D eigenvalue weighted by molar-refractivity contribution is 5.86. The van der Waals surface area contributed by atoms with E-state index in [-0.39, 0.29) is 0 Å². The predicted octanol–water partition coefficient (Wildman–Crippen LogP) is 3.55. The maximum atomic E-state index is 3.69. The van der Waals surface area contributed by atoms with Gasteiger partial charge in [0, 0.05) is 23.1 Å². The maximum absolute atomic E-state index is 3.69. The molecule has 0 unspecified atom stereocenters. The lowest BCUT2D eigenvalue weighted by Crippen LogP contribution is -2.27. The molecule has 0 radical (unpaired) electrons. The first-order valence-corrected chi connectivity index (χ1v) is 7.13. The molecule has 0 atom stereocenters. The summed E-state index contributed by atoms with van der Waals surface area (Å²) in [5.41, 5.74) is 4.10. The van der Waals surface area contributed by atoms with Gasteiger partial charge in [-0.3, -0.25) is 0 Å². The molecule has 0 aliphatic heterocycles. The van der Waals surface area contributed by atoms with Crippen LogP contribution < -0.4 is 5.32 Å². The van der Waals surface area contributed by atoms with Crippen molar-refractivity contribution in [1.29, 1.82) is 0 Å². The van der Waals surface area contributed by atoms with E-state index < -0.39 is 0 Å². The van der Waals surface area contributed by atoms with Gasteiger partial charge in [-0.2, -0.15) is 0 Å². The zero-order valence-electron chi connectivity index (χ0n) is 11.1. The van der Waals surface area contributed by atoms with E-state index in [4.69, 9.17) is 0 Å². The Morgan fingerprint density at radius 2 is 2.11 bits per heavy atom. The minimum Gasteiger partial charge on any atom is -0.361 e. The summed E-state index contributed by atoms with van der Waals surface area (Å²) < 4.78 is 0. The summed E-state index contributed by atoms with van der Waals surface area (Å²) in [4.78, 5) is 3.38. The van der Waals surface area contributed by atoms with Gasteiger partial charge in [-0.15, -0.1) is 0 Å². The van der Waals surface area contributed by atoms with Crippen molar-refractivity contribution in [3.63, 3.8) is 0 Å². The number of aromatic nitrogens is 1. The predicted molar refractivity (Wildman–Crippen MR) is 77.0 cm³/mol. The third-order valence-corrected chi connectivity index (χ3v) is 4.18. The van der Waals surface area contributed by atoms with E-state index in [0.717, 1.165) is 19.0 Å². The highest BCUT2D eigenvalue weighted by Gasteiger charge is 2.14. The lowest BCUT2D eigenvalue weighted by Gasteiger charge is -2.11. The first-order valence-electron chi connectivity index (χ1n) is 7.13. The summed E-state index contributed by atoms with van der Waals surface area (Å²) in [5.74, 6) is 0. The third kappa shape index (κ3) is 2.30. The highest BCUT2D eigenvalue weighted by atomic mass is 14.9. The summed E-state index contributed by atoms with van der Waals surface area (Å²) in [7, 11) is 0. The van der Waals surface area contributed by atoms with Gasteiger partial charge in [-0.05, 0) is 49.9 Å². The maximum Gasteiger partial charge on any atom is 0.0459 e. The van der Waals surface area contributed by atoms with Gasteiger partial charge >= 0.3 is 0 Å². The molecule has 18 heavy (non-hydrogen) atoms. The molecule has 1 aromatic heterocycles. The average molecular weight is 242 g/mol. The molecule has 0 saturated heterocycles. The monoisotopic (exact) mass is 242 g/mol. The van der Waals surface area contributed by atoms with Gasteiger partial charge in [-0.25, -0.2) is 0 Å². The number of hydrogen-bond donors (Lipinski definition) is 2. The van der Waals surface area contributed by atoms with Crippen LogP contribution in [0.15, 0.2) is 24.4 Å². The molecule has 0 spiro atoms. The van der Waals surface area contributed by atoms with Gasteiger partial charge in [0.2, 0.25) is 0 Å². The van der Waals surface area contributed by atoms with Crippen LogP contribution in [0.4, 0.5) is 0 Å². The molecule has 0 bridgehead atoms. The molecule has 2 aromatic rings. The Hall–Kier alpha value is -1.28. The standard InChI is InChI=1S/C16H22N2/c1-12-5-4-8-15-16(12)13(11-18-15)9-10-17-14-6-2-3-7-14/h4-5,8,11,14,17-18H,2-3,6-7,9-10H2,1H3. The van der Waals surface area contributed by atoms with Gasteiger partial charge in [0.05, 0.1) is 0 Å². The first kappa shape index (κ1) is 11.8. The van der Waals surface area contributed by atoms with Crippen LogP contribution in [0.1, 0.15) is 36.8 Å². The number of fused-ring (bicyclic) bond motifs is 1. The second-order valence-electron chi connectivity index (χ2n) is 5.50. The normalized spacial score (nSPS) is 16.7. The van der Waals surface area contributed by atoms with Crippen LogP contribution in [-0.2, 0) is 6.42 Å². The molecule has 1 aliphatic rings. The molecule has 96 valence electrons. The van der Waals surface area contributed by atoms with Crippen LogP contribution in [-0.4, -0.2) is 17.6 Å². The second kappa shape index (κ2) is 5.15. The molecule has 1 saturated carbocycles. The largest absolute Gasteiger partial charge is 0.361 e. The fourth-order valence-electron chi connectivity index (χ4n) is 3.19. The molecule has 2 heteroatoms. The summed E-state index contributed by atoms with van der Waals surface area (Å²) >= 11 is 0. The number of H-pyrrole nitrogens is 1. The van der Waals surface area contributed by atoms with Crippen molar-refractivity contribution in [2.24, 2.45) is 0 Å². The van der Waals surface area contributed by atoms with Crippen molar-refractivity contribution in [3.8, 4) is 0 Å². The fourth-order valence-corrected chi connectivity index (χ4v) is 3.19. The van der Waals surface area contributed by atoms with Crippen molar-refractivity contribution < 1.29 is 0 Å². The van der Waals surface area contributed by atoms with Crippen LogP contribution in [0, 0.1) is 6.92 Å². The van der Waals surface area contributed by atoms with Gasteiger partial charge < -0.3 is 10.3 Å². The first-order chi connectivity index (χ1) is 8.84. The van der Waals surface area contributed by atoms with Gasteiger partial charge in [0.15, 0.2) is 0 Å². The van der Waals surface area contributed by atoms with Crippen LogP contribution in [0.25, 0.3) is 10.9 Å². The van der Waals surface area contributed by atoms with Crippen molar-refractivity contribution in [3.05, 3.63) is 35.5 Å². The Morgan fingerprint density at radius 1 is 1.28 bits per heavy atom. The molecule has 2 nitrogen and oxygen atoms in total. The molecular weight excluding hydrogens is 220 g/mol. The minimum atomic E-state index is 0.774. The second-order valence-corrected chi connectivity index (χ2v) is 5.50. The van der Waals surface area contributed by atoms with Gasteiger partial charge in [0.25, 0.3) is 0 Å². The summed E-state index contributed by atoms with van der Waals surface area (Å²) in [6.07, 6.45) is 8.85. The van der Waals surface area contributed by atoms with E-state index in [1.54, 1.807) is 0 Å². The van der Waals surface area contributed by atoms with Crippen molar-refractivity contribution in [1.82, 2.24) is 10.3 Å². The number of rotatable bonds is 4. The van der Waals surface area contributed by atoms with E-state index in [1.807, 2.05) is 0 Å². The van der Waals surface area contributed by atoms with Crippen molar-refractivity contribution in [2.75, 3.05) is 6.54 Å². The SMILES string of the molecule is Cc1cccc2[nH]cc(CCNC3CCCC3)c12. The van der Waals surface area contributed by atoms with E-state index in [9.17, 15) is 0 Å². The number of aryl methyl sites for hydroxylation is 1. The molecule has 1 aromatic carbocycles. The van der Waals surface area contributed by atoms with E-state index >= 15 is 0 Å². The molecule has 1 aliphatic carbocycles. The Bertz CT molecular complexity index is 521. The average Bonchev–Trinajstić information content (AvgIpc) is 3.00. The topological polar surface area (TPSA) is 27.8 Å². The number of aromatic amines is 1. The van der Waals surface area contributed by atoms with E-state index in [2.05, 4.69) is 41.6 Å². The fraction of sp³-hybridized carbons (Fsp3) is 0.500. The molecule has 3 rings (SSSR count). The summed E-state index contributed by atoms with van der Waals surface area (Å²) in [6.45, 7) is 3.30. The number of nitrogens with one attached hydrogen (secondary N) is 2. The van der Waals surface area contributed by atoms with Crippen molar-refractivity contribution in [2.45, 2.75) is 45.1 Å². The van der Waals surface area contributed by atoms with Crippen LogP contribution in [0.2, 0.25) is 0 Å². The smallest absolute Gasteiger partial charge is 0.0459 e. The lowest BCUT2D eigenvalue weighted by molar-refractivity contribution is 0.528. The number of benzene rings is 1. The molecule has 1 fully saturated rings. The quantitative estimate of drug-likeness (QED) is 0.843. The molecular formula is C16H22N2. The van der Waals surface area contributed by atoms with Crippen LogP contribution in [0.3, 0.4) is 0 Å². The van der Waals surface area contributed by atoms with Crippen LogP contribution >= 0.6 is 0 Å². The Labute approximate surface area is 109 Å². The van der Waals surface area contributed by atoms with Gasteiger partial charge in [0.1, 0.15) is 0 Å². The Kier molecular flexibility index (Phi) is 3.37. The van der Waals surface area contributed by atoms with E-state index in [1.165, 1.54) is 47.7 Å². The van der Waals surface area contributed by atoms with Gasteiger partial charge in [-0.1, -0.05) is 25.0 Å². The number of hydrogen-bond acceptors (Lipinski definition) is 1. The van der Waals surface area contributed by atoms with Crippen LogP contribution in [0.5, 0.6) is 0 Å². The third-order valence-electron chi connectivity index (χ3n) is 4.18. The van der Waals surface area contributed by atoms with Crippen molar-refractivity contribution >= 4 is 10.9 Å².